The van der Waals surface area contributed by atoms with E-state index in [-0.39, 0.29) is 23.1 Å². The number of H-pyrrole nitrogens is 1. The van der Waals surface area contributed by atoms with E-state index in [1.807, 2.05) is 0 Å². The number of amides is 2. The Morgan fingerprint density at radius 3 is 2.16 bits per heavy atom. The van der Waals surface area contributed by atoms with Crippen LogP contribution in [0.4, 0.5) is 32.0 Å². The highest BCUT2D eigenvalue weighted by molar-refractivity contribution is 6.04. The summed E-state index contributed by atoms with van der Waals surface area (Å²) in [4.78, 5) is 37.0. The number of ether oxygens (including phenoxy) is 2. The van der Waals surface area contributed by atoms with Crippen LogP contribution < -0.4 is 14.8 Å². The van der Waals surface area contributed by atoms with Crippen molar-refractivity contribution in [3.8, 4) is 17.4 Å². The Labute approximate surface area is 281 Å². The highest BCUT2D eigenvalue weighted by Crippen LogP contribution is 2.30. The number of hydrogen-bond donors (Lipinski definition) is 2. The van der Waals surface area contributed by atoms with Gasteiger partial charge in [0.2, 0.25) is 5.88 Å². The number of nitrogens with zero attached hydrogens (tertiary/aromatic N) is 3. The number of halogens is 6. The number of aromatic nitrogens is 2. The second kappa shape index (κ2) is 14.1. The lowest BCUT2D eigenvalue weighted by Gasteiger charge is -2.34. The molecular formula is C35H29F6N5O4. The molecular weight excluding hydrogens is 668 g/mol. The lowest BCUT2D eigenvalue weighted by Crippen LogP contribution is -2.48. The molecule has 0 radical (unpaired) electrons. The lowest BCUT2D eigenvalue weighted by molar-refractivity contribution is -0.153. The van der Waals surface area contributed by atoms with Crippen LogP contribution in [0.25, 0.3) is 10.9 Å². The minimum absolute atomic E-state index is 0.0563. The first-order chi connectivity index (χ1) is 23.8. The molecule has 0 aliphatic carbocycles. The van der Waals surface area contributed by atoms with Gasteiger partial charge in [0.15, 0.2) is 6.61 Å². The van der Waals surface area contributed by atoms with E-state index in [9.17, 15) is 35.9 Å². The molecule has 260 valence electrons. The summed E-state index contributed by atoms with van der Waals surface area (Å²) in [5.41, 5.74) is 1.54. The maximum absolute atomic E-state index is 13.3. The van der Waals surface area contributed by atoms with Gasteiger partial charge >= 0.3 is 12.4 Å². The molecule has 2 amide bonds. The fraction of sp³-hybridized carbons (Fsp3) is 0.229. The summed E-state index contributed by atoms with van der Waals surface area (Å²) in [6, 6.07) is 20.4. The molecule has 5 aromatic rings. The summed E-state index contributed by atoms with van der Waals surface area (Å²) in [5.74, 6) is 0.0770. The molecule has 1 saturated heterocycles. The zero-order chi connectivity index (χ0) is 35.5. The van der Waals surface area contributed by atoms with Crippen molar-refractivity contribution < 1.29 is 45.4 Å². The molecule has 0 spiro atoms. The number of pyridine rings is 1. The van der Waals surface area contributed by atoms with Crippen molar-refractivity contribution in [3.05, 3.63) is 114 Å². The van der Waals surface area contributed by atoms with Gasteiger partial charge in [-0.1, -0.05) is 12.1 Å². The quantitative estimate of drug-likeness (QED) is 0.155. The number of rotatable bonds is 9. The van der Waals surface area contributed by atoms with E-state index in [4.69, 9.17) is 9.47 Å². The Bertz CT molecular complexity index is 1950. The molecule has 0 bridgehead atoms. The third-order valence-electron chi connectivity index (χ3n) is 7.91. The number of aromatic amines is 1. The SMILES string of the molecule is O=C(Nc1ccc(Oc2ccc3cc(C(=O)N4CCN(Cc5ccc(OCC(F)(F)F)cc5)CC4)[nH]c3c2)nc1)c1ccc(C(F)(F)F)cc1. The number of anilines is 1. The van der Waals surface area contributed by atoms with Crippen LogP contribution in [0.1, 0.15) is 32.0 Å². The van der Waals surface area contributed by atoms with Gasteiger partial charge in [0.1, 0.15) is 17.2 Å². The molecule has 9 nitrogen and oxygen atoms in total. The minimum Gasteiger partial charge on any atom is -0.484 e. The third-order valence-corrected chi connectivity index (χ3v) is 7.91. The molecule has 1 fully saturated rings. The normalized spacial score (nSPS) is 14.1. The maximum atomic E-state index is 13.3. The van der Waals surface area contributed by atoms with Crippen LogP contribution in [0.3, 0.4) is 0 Å². The minimum atomic E-state index is -4.50. The first-order valence-corrected chi connectivity index (χ1v) is 15.3. The van der Waals surface area contributed by atoms with Crippen molar-refractivity contribution in [2.45, 2.75) is 18.9 Å². The van der Waals surface area contributed by atoms with E-state index in [0.717, 1.165) is 35.2 Å². The molecule has 2 N–H and O–H groups in total. The first kappa shape index (κ1) is 34.3. The van der Waals surface area contributed by atoms with Gasteiger partial charge in [-0.2, -0.15) is 26.3 Å². The average molecular weight is 698 g/mol. The van der Waals surface area contributed by atoms with Crippen LogP contribution in [0.2, 0.25) is 0 Å². The molecule has 1 aliphatic rings. The molecule has 0 atom stereocenters. The van der Waals surface area contributed by atoms with E-state index in [0.29, 0.717) is 55.4 Å². The summed E-state index contributed by atoms with van der Waals surface area (Å²) in [6.07, 6.45) is -7.54. The Balaban J connectivity index is 0.996. The number of fused-ring (bicyclic) bond motifs is 1. The van der Waals surface area contributed by atoms with Gasteiger partial charge in [0.25, 0.3) is 11.8 Å². The predicted octanol–water partition coefficient (Wildman–Crippen LogP) is 7.53. The van der Waals surface area contributed by atoms with Crippen molar-refractivity contribution in [2.75, 3.05) is 38.1 Å². The first-order valence-electron chi connectivity index (χ1n) is 15.3. The van der Waals surface area contributed by atoms with Crippen LogP contribution >= 0.6 is 0 Å². The van der Waals surface area contributed by atoms with Gasteiger partial charge in [-0.25, -0.2) is 4.98 Å². The Morgan fingerprint density at radius 1 is 0.820 bits per heavy atom. The topological polar surface area (TPSA) is 99.8 Å². The van der Waals surface area contributed by atoms with Gasteiger partial charge in [-0.05, 0) is 66.2 Å². The van der Waals surface area contributed by atoms with Crippen molar-refractivity contribution in [1.29, 1.82) is 0 Å². The van der Waals surface area contributed by atoms with Gasteiger partial charge in [-0.15, -0.1) is 0 Å². The van der Waals surface area contributed by atoms with E-state index in [2.05, 4.69) is 20.2 Å². The smallest absolute Gasteiger partial charge is 0.422 e. The number of carbonyl (C=O) groups excluding carboxylic acids is 2. The Hall–Kier alpha value is -5.57. The van der Waals surface area contributed by atoms with Crippen LogP contribution in [0.5, 0.6) is 17.4 Å². The second-order valence-electron chi connectivity index (χ2n) is 11.6. The highest BCUT2D eigenvalue weighted by Gasteiger charge is 2.30. The Kier molecular flexibility index (Phi) is 9.68. The number of benzene rings is 3. The largest absolute Gasteiger partial charge is 0.484 e. The molecule has 2 aromatic heterocycles. The van der Waals surface area contributed by atoms with Gasteiger partial charge in [0.05, 0.1) is 17.4 Å². The monoisotopic (exact) mass is 697 g/mol. The molecule has 0 saturated carbocycles. The molecule has 1 aliphatic heterocycles. The van der Waals surface area contributed by atoms with Crippen LogP contribution in [-0.2, 0) is 12.7 Å². The summed E-state index contributed by atoms with van der Waals surface area (Å²) in [6.45, 7) is 1.50. The molecule has 15 heteroatoms. The standard InChI is InChI=1S/C35H29F6N5O4/c36-34(37,38)21-49-27-9-1-22(2-10-27)20-45-13-15-46(16-14-45)33(48)30-17-24-5-11-28(18-29(24)44-30)50-31-12-8-26(19-42-31)43-32(47)23-3-6-25(7-4-23)35(39,40)41/h1-12,17-19,44H,13-16,20-21H2,(H,43,47). The fourth-order valence-corrected chi connectivity index (χ4v) is 5.33. The Morgan fingerprint density at radius 2 is 1.52 bits per heavy atom. The molecule has 50 heavy (non-hydrogen) atoms. The van der Waals surface area contributed by atoms with Crippen LogP contribution in [0.15, 0.2) is 91.1 Å². The number of piperazine rings is 1. The van der Waals surface area contributed by atoms with Gasteiger partial charge in [0, 0.05) is 61.3 Å². The van der Waals surface area contributed by atoms with Crippen LogP contribution in [0, 0.1) is 0 Å². The number of nitrogens with one attached hydrogen (secondary N) is 2. The molecule has 3 heterocycles. The van der Waals surface area contributed by atoms with E-state index in [1.54, 1.807) is 47.4 Å². The van der Waals surface area contributed by atoms with E-state index >= 15 is 0 Å². The zero-order valence-corrected chi connectivity index (χ0v) is 26.1. The highest BCUT2D eigenvalue weighted by atomic mass is 19.4. The van der Waals surface area contributed by atoms with Crippen molar-refractivity contribution >= 4 is 28.4 Å². The van der Waals surface area contributed by atoms with Crippen molar-refractivity contribution in [2.24, 2.45) is 0 Å². The van der Waals surface area contributed by atoms with Crippen molar-refractivity contribution in [3.63, 3.8) is 0 Å². The number of alkyl halides is 6. The zero-order valence-electron chi connectivity index (χ0n) is 26.1. The second-order valence-corrected chi connectivity index (χ2v) is 11.6. The number of carbonyl (C=O) groups is 2. The van der Waals surface area contributed by atoms with E-state index in [1.165, 1.54) is 24.4 Å². The van der Waals surface area contributed by atoms with E-state index < -0.39 is 30.4 Å². The summed E-state index contributed by atoms with van der Waals surface area (Å²) in [5, 5.41) is 3.38. The molecule has 3 aromatic carbocycles. The molecule has 6 rings (SSSR count). The average Bonchev–Trinajstić information content (AvgIpc) is 3.52. The predicted molar refractivity (Wildman–Crippen MR) is 171 cm³/mol. The fourth-order valence-electron chi connectivity index (χ4n) is 5.33. The van der Waals surface area contributed by atoms with Gasteiger partial charge in [-0.3, -0.25) is 14.5 Å². The lowest BCUT2D eigenvalue weighted by atomic mass is 10.1. The molecule has 0 unspecified atom stereocenters. The summed E-state index contributed by atoms with van der Waals surface area (Å²) >= 11 is 0. The summed E-state index contributed by atoms with van der Waals surface area (Å²) < 4.78 is 86.1. The third kappa shape index (κ3) is 8.71. The van der Waals surface area contributed by atoms with Gasteiger partial charge < -0.3 is 24.7 Å². The maximum Gasteiger partial charge on any atom is 0.422 e. The van der Waals surface area contributed by atoms with Crippen molar-refractivity contribution in [1.82, 2.24) is 19.8 Å². The van der Waals surface area contributed by atoms with Crippen LogP contribution in [-0.4, -0.2) is 70.5 Å². The summed E-state index contributed by atoms with van der Waals surface area (Å²) in [7, 11) is 0. The number of hydrogen-bond acceptors (Lipinski definition) is 6.